The number of rotatable bonds is 8. The lowest BCUT2D eigenvalue weighted by atomic mass is 10.1. The molecule has 0 unspecified atom stereocenters. The van der Waals surface area contributed by atoms with Crippen LogP contribution in [0.15, 0.2) is 0 Å². The third-order valence-electron chi connectivity index (χ3n) is 5.07. The molecule has 2 aromatic heterocycles. The van der Waals surface area contributed by atoms with Gasteiger partial charge in [0.1, 0.15) is 11.4 Å². The van der Waals surface area contributed by atoms with E-state index in [1.165, 1.54) is 11.3 Å². The van der Waals surface area contributed by atoms with Crippen molar-refractivity contribution in [1.82, 2.24) is 19.6 Å². The molecule has 0 saturated carbocycles. The van der Waals surface area contributed by atoms with E-state index in [4.69, 9.17) is 9.47 Å². The van der Waals surface area contributed by atoms with Crippen LogP contribution in [0, 0.1) is 6.92 Å². The Balaban J connectivity index is 1.77. The molecule has 9 nitrogen and oxygen atoms in total. The van der Waals surface area contributed by atoms with E-state index in [0.29, 0.717) is 53.8 Å². The number of carbonyl (C=O) groups excluding carboxylic acids is 1. The zero-order valence-corrected chi connectivity index (χ0v) is 19.4. The van der Waals surface area contributed by atoms with Crippen LogP contribution in [-0.4, -0.2) is 68.3 Å². The molecule has 3 heterocycles. The third kappa shape index (κ3) is 4.90. The molecule has 1 aliphatic rings. The third-order valence-corrected chi connectivity index (χ3v) is 7.88. The van der Waals surface area contributed by atoms with Gasteiger partial charge in [-0.2, -0.15) is 4.98 Å². The number of piperidine rings is 1. The van der Waals surface area contributed by atoms with E-state index in [9.17, 15) is 13.2 Å². The molecule has 0 radical (unpaired) electrons. The van der Waals surface area contributed by atoms with Crippen molar-refractivity contribution < 1.29 is 22.7 Å². The number of ether oxygens (including phenoxy) is 2. The molecule has 0 aromatic carbocycles. The van der Waals surface area contributed by atoms with Gasteiger partial charge in [0.05, 0.1) is 23.1 Å². The van der Waals surface area contributed by atoms with Gasteiger partial charge in [0.25, 0.3) is 5.91 Å². The van der Waals surface area contributed by atoms with E-state index in [1.54, 1.807) is 19.1 Å². The van der Waals surface area contributed by atoms with Crippen molar-refractivity contribution in [3.05, 3.63) is 16.3 Å². The van der Waals surface area contributed by atoms with Crippen LogP contribution in [0.2, 0.25) is 0 Å². The number of nitrogens with zero attached hydrogens (tertiary/aromatic N) is 3. The number of fused-ring (bicyclic) bond motifs is 1. The summed E-state index contributed by atoms with van der Waals surface area (Å²) in [5, 5.41) is 0.743. The van der Waals surface area contributed by atoms with Crippen molar-refractivity contribution in [2.45, 2.75) is 45.8 Å². The van der Waals surface area contributed by atoms with Crippen molar-refractivity contribution in [1.29, 1.82) is 0 Å². The van der Waals surface area contributed by atoms with Gasteiger partial charge in [0, 0.05) is 26.2 Å². The van der Waals surface area contributed by atoms with E-state index in [-0.39, 0.29) is 24.3 Å². The number of methoxy groups -OCH3 is 2. The van der Waals surface area contributed by atoms with Crippen molar-refractivity contribution in [3.63, 3.8) is 0 Å². The number of hydrogen-bond acceptors (Lipinski definition) is 8. The highest BCUT2D eigenvalue weighted by atomic mass is 32.2. The molecule has 1 N–H and O–H groups in total. The van der Waals surface area contributed by atoms with E-state index in [2.05, 4.69) is 14.7 Å². The lowest BCUT2D eigenvalue weighted by Crippen LogP contribution is -2.46. The molecule has 1 fully saturated rings. The van der Waals surface area contributed by atoms with Crippen LogP contribution in [0.25, 0.3) is 10.2 Å². The first kappa shape index (κ1) is 22.9. The number of thiophene rings is 1. The predicted molar refractivity (Wildman–Crippen MR) is 116 cm³/mol. The molecule has 0 atom stereocenters. The molecule has 1 aliphatic heterocycles. The molecule has 1 amide bonds. The van der Waals surface area contributed by atoms with Crippen molar-refractivity contribution in [2.75, 3.05) is 33.1 Å². The minimum Gasteiger partial charge on any atom is -0.480 e. The lowest BCUT2D eigenvalue weighted by molar-refractivity contribution is 0.0715. The van der Waals surface area contributed by atoms with Crippen LogP contribution in [0.3, 0.4) is 0 Å². The Morgan fingerprint density at radius 2 is 1.97 bits per heavy atom. The fraction of sp³-hybridized carbons (Fsp3) is 0.632. The molecule has 0 spiro atoms. The summed E-state index contributed by atoms with van der Waals surface area (Å²) < 4.78 is 37.3. The highest BCUT2D eigenvalue weighted by Crippen LogP contribution is 2.36. The largest absolute Gasteiger partial charge is 0.480 e. The predicted octanol–water partition coefficient (Wildman–Crippen LogP) is 2.09. The number of hydrogen-bond donors (Lipinski definition) is 1. The minimum atomic E-state index is -3.25. The number of aromatic nitrogens is 2. The van der Waals surface area contributed by atoms with Gasteiger partial charge in [-0.15, -0.1) is 11.3 Å². The average molecular weight is 457 g/mol. The topological polar surface area (TPSA) is 111 Å². The molecule has 166 valence electrons. The Morgan fingerprint density at radius 3 is 2.57 bits per heavy atom. The number of aryl methyl sites for hydroxylation is 1. The van der Waals surface area contributed by atoms with Gasteiger partial charge in [-0.3, -0.25) is 4.79 Å². The van der Waals surface area contributed by atoms with Gasteiger partial charge >= 0.3 is 0 Å². The summed E-state index contributed by atoms with van der Waals surface area (Å²) in [7, 11) is -0.139. The highest BCUT2D eigenvalue weighted by Gasteiger charge is 2.29. The maximum absolute atomic E-state index is 13.2. The average Bonchev–Trinajstić information content (AvgIpc) is 3.04. The van der Waals surface area contributed by atoms with Crippen LogP contribution in [0.1, 0.15) is 47.2 Å². The summed E-state index contributed by atoms with van der Waals surface area (Å²) in [4.78, 5) is 25.1. The van der Waals surface area contributed by atoms with Crippen molar-refractivity contribution in [2.24, 2.45) is 0 Å². The summed E-state index contributed by atoms with van der Waals surface area (Å²) in [5.41, 5.74) is 0.798. The van der Waals surface area contributed by atoms with Crippen molar-refractivity contribution >= 4 is 37.5 Å². The second-order valence-electron chi connectivity index (χ2n) is 7.32. The highest BCUT2D eigenvalue weighted by molar-refractivity contribution is 7.89. The summed E-state index contributed by atoms with van der Waals surface area (Å²) in [6.45, 7) is 4.98. The Kier molecular flexibility index (Phi) is 7.27. The van der Waals surface area contributed by atoms with Gasteiger partial charge in [-0.25, -0.2) is 18.1 Å². The Morgan fingerprint density at radius 1 is 1.27 bits per heavy atom. The van der Waals surface area contributed by atoms with Crippen LogP contribution in [-0.2, 0) is 21.4 Å². The Hall–Kier alpha value is -1.82. The quantitative estimate of drug-likeness (QED) is 0.647. The van der Waals surface area contributed by atoms with E-state index in [0.717, 1.165) is 10.9 Å². The molecule has 2 aromatic rings. The molecule has 11 heteroatoms. The first-order chi connectivity index (χ1) is 14.3. The maximum atomic E-state index is 13.2. The molecule has 30 heavy (non-hydrogen) atoms. The number of amides is 1. The van der Waals surface area contributed by atoms with E-state index in [1.807, 2.05) is 13.8 Å². The van der Waals surface area contributed by atoms with Crippen LogP contribution in [0.5, 0.6) is 5.88 Å². The maximum Gasteiger partial charge on any atom is 0.264 e. The fourth-order valence-corrected chi connectivity index (χ4v) is 6.17. The van der Waals surface area contributed by atoms with E-state index < -0.39 is 10.0 Å². The standard InChI is InChI=1S/C19H28N4O5S2/c1-5-10-30(25,26)22-13-6-8-23(9-7-13)19(24)16-12(2)15-17(28-4)20-14(11-27-3)21-18(15)29-16/h13,22H,5-11H2,1-4H3. The summed E-state index contributed by atoms with van der Waals surface area (Å²) in [6, 6.07) is -0.128. The molecule has 0 bridgehead atoms. The van der Waals surface area contributed by atoms with Gasteiger partial charge < -0.3 is 14.4 Å². The molecular formula is C19H28N4O5S2. The monoisotopic (exact) mass is 456 g/mol. The van der Waals surface area contributed by atoms with Gasteiger partial charge in [-0.05, 0) is 31.7 Å². The Bertz CT molecular complexity index is 1010. The van der Waals surface area contributed by atoms with Gasteiger partial charge in [-0.1, -0.05) is 6.92 Å². The van der Waals surface area contributed by atoms with E-state index >= 15 is 0 Å². The molecule has 3 rings (SSSR count). The Labute approximate surface area is 180 Å². The second kappa shape index (κ2) is 9.54. The second-order valence-corrected chi connectivity index (χ2v) is 10.2. The zero-order chi connectivity index (χ0) is 21.9. The summed E-state index contributed by atoms with van der Waals surface area (Å²) in [5.74, 6) is 0.994. The lowest BCUT2D eigenvalue weighted by Gasteiger charge is -2.32. The molecular weight excluding hydrogens is 428 g/mol. The molecule has 0 aliphatic carbocycles. The number of nitrogens with one attached hydrogen (secondary N) is 1. The number of sulfonamides is 1. The fourth-order valence-electron chi connectivity index (χ4n) is 3.62. The minimum absolute atomic E-state index is 0.0688. The van der Waals surface area contributed by atoms with Gasteiger partial charge in [0.15, 0.2) is 5.82 Å². The summed E-state index contributed by atoms with van der Waals surface area (Å²) >= 11 is 1.32. The summed E-state index contributed by atoms with van der Waals surface area (Å²) in [6.07, 6.45) is 1.77. The van der Waals surface area contributed by atoms with Gasteiger partial charge in [0.2, 0.25) is 15.9 Å². The zero-order valence-electron chi connectivity index (χ0n) is 17.7. The first-order valence-electron chi connectivity index (χ1n) is 9.91. The van der Waals surface area contributed by atoms with Crippen LogP contribution in [0.4, 0.5) is 0 Å². The van der Waals surface area contributed by atoms with Crippen molar-refractivity contribution in [3.8, 4) is 5.88 Å². The normalized spacial score (nSPS) is 15.7. The van der Waals surface area contributed by atoms with Crippen LogP contribution < -0.4 is 9.46 Å². The smallest absolute Gasteiger partial charge is 0.264 e. The SMILES string of the molecule is CCCS(=O)(=O)NC1CCN(C(=O)c2sc3nc(COC)nc(OC)c3c2C)CC1. The van der Waals surface area contributed by atoms with Crippen LogP contribution >= 0.6 is 11.3 Å². The number of carbonyl (C=O) groups is 1. The first-order valence-corrected chi connectivity index (χ1v) is 12.4. The molecule has 1 saturated heterocycles. The number of likely N-dealkylation sites (tertiary alicyclic amines) is 1.